The number of methoxy groups -OCH3 is 1. The molecule has 32 heavy (non-hydrogen) atoms. The molecule has 170 valence electrons. The van der Waals surface area contributed by atoms with E-state index in [1.54, 1.807) is 7.11 Å². The fraction of sp³-hybridized carbons (Fsp3) is 0.478. The minimum absolute atomic E-state index is 0.340. The van der Waals surface area contributed by atoms with Crippen LogP contribution >= 0.6 is 11.6 Å². The van der Waals surface area contributed by atoms with Gasteiger partial charge < -0.3 is 24.2 Å². The van der Waals surface area contributed by atoms with Crippen molar-refractivity contribution in [3.05, 3.63) is 52.3 Å². The van der Waals surface area contributed by atoms with E-state index < -0.39 is 11.2 Å². The number of benzene rings is 1. The van der Waals surface area contributed by atoms with E-state index in [0.29, 0.717) is 30.7 Å². The van der Waals surface area contributed by atoms with E-state index in [1.807, 2.05) is 30.3 Å². The second-order valence-corrected chi connectivity index (χ2v) is 10.3. The molecule has 0 spiro atoms. The Morgan fingerprint density at radius 3 is 2.66 bits per heavy atom. The molecule has 7 nitrogen and oxygen atoms in total. The molecule has 0 radical (unpaired) electrons. The smallest absolute Gasteiger partial charge is 0.227 e. The van der Waals surface area contributed by atoms with Crippen molar-refractivity contribution in [2.45, 2.75) is 36.2 Å². The highest BCUT2D eigenvalue weighted by molar-refractivity contribution is 7.91. The third-order valence-corrected chi connectivity index (χ3v) is 8.24. The highest BCUT2D eigenvalue weighted by atomic mass is 35.5. The molecule has 1 aromatic heterocycles. The lowest BCUT2D eigenvalue weighted by atomic mass is 9.84. The molecule has 3 aliphatic heterocycles. The lowest BCUT2D eigenvalue weighted by molar-refractivity contribution is -0.0348. The summed E-state index contributed by atoms with van der Waals surface area (Å²) >= 11 is 5.02. The molecule has 4 heterocycles. The molecular weight excluding hydrogens is 448 g/mol. The zero-order valence-electron chi connectivity index (χ0n) is 18.1. The van der Waals surface area contributed by atoms with E-state index in [1.165, 1.54) is 0 Å². The Kier molecular flexibility index (Phi) is 6.31. The van der Waals surface area contributed by atoms with Crippen molar-refractivity contribution in [3.63, 3.8) is 0 Å². The highest BCUT2D eigenvalue weighted by Gasteiger charge is 2.38. The van der Waals surface area contributed by atoms with E-state index in [-0.39, 0.29) is 5.60 Å². The molecule has 1 N–H and O–H groups in total. The van der Waals surface area contributed by atoms with Crippen molar-refractivity contribution >= 4 is 34.5 Å². The summed E-state index contributed by atoms with van der Waals surface area (Å²) in [4.78, 5) is 12.6. The number of rotatable bonds is 5. The number of aromatic nitrogens is 2. The Morgan fingerprint density at radius 2 is 1.97 bits per heavy atom. The summed E-state index contributed by atoms with van der Waals surface area (Å²) in [5.74, 6) is 1.97. The average molecular weight is 475 g/mol. The first-order valence-electron chi connectivity index (χ1n) is 11.0. The van der Waals surface area contributed by atoms with E-state index in [9.17, 15) is 4.55 Å². The maximum absolute atomic E-state index is 12.6. The van der Waals surface area contributed by atoms with Crippen LogP contribution in [0.4, 0.5) is 11.8 Å². The molecule has 9 heteroatoms. The standard InChI is InChI=1S/C23H27ClN4O3S/c1-30-23(16-2-4-17(24)5-3-16)9-11-28(12-10-23)22-26-19-8-15-32(29)20(19)21(27-22)25-18-6-13-31-14-7-18/h2-6H,7-15H2,1H3,(H,25,26,27). The lowest BCUT2D eigenvalue weighted by Gasteiger charge is -2.41. The van der Waals surface area contributed by atoms with Gasteiger partial charge in [0, 0.05) is 43.8 Å². The van der Waals surface area contributed by atoms with Crippen molar-refractivity contribution < 1.29 is 14.0 Å². The van der Waals surface area contributed by atoms with Gasteiger partial charge in [-0.15, -0.1) is 0 Å². The van der Waals surface area contributed by atoms with E-state index in [4.69, 9.17) is 31.0 Å². The Balaban J connectivity index is 1.39. The summed E-state index contributed by atoms with van der Waals surface area (Å²) in [7, 11) is 1.77. The Bertz CT molecular complexity index is 1010. The topological polar surface area (TPSA) is 82.6 Å². The van der Waals surface area contributed by atoms with Gasteiger partial charge in [0.2, 0.25) is 10.8 Å². The quantitative estimate of drug-likeness (QED) is 0.662. The number of piperidine rings is 1. The van der Waals surface area contributed by atoms with Crippen molar-refractivity contribution in [2.75, 3.05) is 49.4 Å². The Morgan fingerprint density at radius 1 is 1.19 bits per heavy atom. The first-order valence-corrected chi connectivity index (χ1v) is 12.7. The molecule has 0 aliphatic carbocycles. The first kappa shape index (κ1) is 22.0. The molecule has 0 amide bonds. The van der Waals surface area contributed by atoms with Crippen LogP contribution in [0.25, 0.3) is 0 Å². The molecule has 1 unspecified atom stereocenters. The van der Waals surface area contributed by atoms with Gasteiger partial charge in [0.1, 0.15) is 11.4 Å². The molecular formula is C23H27ClN4O3S. The molecule has 1 saturated heterocycles. The molecule has 0 bridgehead atoms. The molecule has 1 fully saturated rings. The average Bonchev–Trinajstić information content (AvgIpc) is 3.21. The third-order valence-electron chi connectivity index (χ3n) is 6.53. The fourth-order valence-corrected chi connectivity index (χ4v) is 6.07. The monoisotopic (exact) mass is 474 g/mol. The minimum Gasteiger partial charge on any atom is -0.611 e. The number of hydrogen-bond acceptors (Lipinski definition) is 7. The van der Waals surface area contributed by atoms with Gasteiger partial charge in [0.25, 0.3) is 0 Å². The summed E-state index contributed by atoms with van der Waals surface area (Å²) in [6, 6.07) is 7.92. The van der Waals surface area contributed by atoms with Crippen LogP contribution in [0.1, 0.15) is 30.5 Å². The van der Waals surface area contributed by atoms with Gasteiger partial charge in [-0.25, -0.2) is 4.98 Å². The van der Waals surface area contributed by atoms with Gasteiger partial charge >= 0.3 is 0 Å². The summed E-state index contributed by atoms with van der Waals surface area (Å²) in [6.07, 6.45) is 5.18. The van der Waals surface area contributed by atoms with Gasteiger partial charge in [0.15, 0.2) is 5.82 Å². The third kappa shape index (κ3) is 4.22. The van der Waals surface area contributed by atoms with Crippen LogP contribution in [0.2, 0.25) is 5.02 Å². The summed E-state index contributed by atoms with van der Waals surface area (Å²) in [5.41, 5.74) is 2.76. The van der Waals surface area contributed by atoms with Crippen LogP contribution in [0.15, 0.2) is 40.9 Å². The van der Waals surface area contributed by atoms with Crippen molar-refractivity contribution in [3.8, 4) is 0 Å². The predicted molar refractivity (Wildman–Crippen MR) is 126 cm³/mol. The van der Waals surface area contributed by atoms with E-state index >= 15 is 0 Å². The van der Waals surface area contributed by atoms with Crippen LogP contribution in [0.5, 0.6) is 0 Å². The second kappa shape index (κ2) is 9.19. The molecule has 1 aromatic carbocycles. The number of fused-ring (bicyclic) bond motifs is 1. The zero-order valence-corrected chi connectivity index (χ0v) is 19.7. The van der Waals surface area contributed by atoms with E-state index in [0.717, 1.165) is 65.6 Å². The van der Waals surface area contributed by atoms with Gasteiger partial charge in [-0.05, 0) is 47.8 Å². The summed E-state index contributed by atoms with van der Waals surface area (Å²) in [6.45, 7) is 2.81. The van der Waals surface area contributed by atoms with Gasteiger partial charge in [-0.1, -0.05) is 23.7 Å². The largest absolute Gasteiger partial charge is 0.611 e. The number of nitrogens with one attached hydrogen (secondary N) is 1. The van der Waals surface area contributed by atoms with Gasteiger partial charge in [-0.3, -0.25) is 0 Å². The Hall–Kier alpha value is -1.84. The molecule has 5 rings (SSSR count). The van der Waals surface area contributed by atoms with Crippen LogP contribution in [-0.2, 0) is 32.7 Å². The SMILES string of the molecule is COC1(c2ccc(Cl)cc2)CCN(c2nc3c(c(NC4=CCOCC4)n2)[S+]([O-])CC3)CC1. The highest BCUT2D eigenvalue weighted by Crippen LogP contribution is 2.39. The van der Waals surface area contributed by atoms with Crippen LogP contribution < -0.4 is 10.2 Å². The molecule has 3 aliphatic rings. The van der Waals surface area contributed by atoms with Crippen LogP contribution in [0, 0.1) is 0 Å². The van der Waals surface area contributed by atoms with Crippen molar-refractivity contribution in [1.29, 1.82) is 0 Å². The molecule has 0 saturated carbocycles. The zero-order chi connectivity index (χ0) is 22.1. The number of aryl methyl sites for hydroxylation is 1. The van der Waals surface area contributed by atoms with E-state index in [2.05, 4.69) is 10.2 Å². The minimum atomic E-state index is -1.06. The number of anilines is 2. The fourth-order valence-electron chi connectivity index (χ4n) is 4.64. The normalized spacial score (nSPS) is 22.4. The summed E-state index contributed by atoms with van der Waals surface area (Å²) in [5, 5.41) is 4.15. The summed E-state index contributed by atoms with van der Waals surface area (Å²) < 4.78 is 24.1. The Labute approximate surface area is 196 Å². The molecule has 1 atom stereocenters. The number of ether oxygens (including phenoxy) is 2. The van der Waals surface area contributed by atoms with Gasteiger partial charge in [0.05, 0.1) is 18.8 Å². The maximum atomic E-state index is 12.6. The number of hydrogen-bond donors (Lipinski definition) is 1. The van der Waals surface area contributed by atoms with Gasteiger partial charge in [-0.2, -0.15) is 4.98 Å². The maximum Gasteiger partial charge on any atom is 0.227 e. The van der Waals surface area contributed by atoms with Crippen molar-refractivity contribution in [2.24, 2.45) is 0 Å². The second-order valence-electron chi connectivity index (χ2n) is 8.32. The predicted octanol–water partition coefficient (Wildman–Crippen LogP) is 3.65. The van der Waals surface area contributed by atoms with Crippen LogP contribution in [0.3, 0.4) is 0 Å². The molecule has 2 aromatic rings. The lowest BCUT2D eigenvalue weighted by Crippen LogP contribution is -2.44. The number of nitrogens with zero attached hydrogens (tertiary/aromatic N) is 3. The first-order chi connectivity index (χ1) is 15.6. The van der Waals surface area contributed by atoms with Crippen molar-refractivity contribution in [1.82, 2.24) is 9.97 Å². The van der Waals surface area contributed by atoms with Crippen LogP contribution in [-0.4, -0.2) is 53.7 Å². The number of halogens is 1.